The topological polar surface area (TPSA) is 88.6 Å². The van der Waals surface area contributed by atoms with Crippen LogP contribution in [0.25, 0.3) is 0 Å². The molecule has 1 fully saturated rings. The van der Waals surface area contributed by atoms with Crippen LogP contribution in [-0.2, 0) is 10.0 Å². The van der Waals surface area contributed by atoms with E-state index in [1.165, 1.54) is 22.6 Å². The number of nitrogens with one attached hydrogen (secondary N) is 1. The number of amides is 1. The number of anilines is 1. The summed E-state index contributed by atoms with van der Waals surface area (Å²) < 4.78 is 32.9. The Bertz CT molecular complexity index is 894. The molecular weight excluding hydrogens is 366 g/mol. The molecule has 0 atom stereocenters. The predicted octanol–water partition coefficient (Wildman–Crippen LogP) is 2.91. The van der Waals surface area contributed by atoms with Gasteiger partial charge < -0.3 is 10.1 Å². The molecule has 0 bridgehead atoms. The Kier molecular flexibility index (Phi) is 6.08. The molecule has 1 aromatic heterocycles. The molecule has 27 heavy (non-hydrogen) atoms. The normalized spacial score (nSPS) is 15.3. The Morgan fingerprint density at radius 1 is 1.19 bits per heavy atom. The molecule has 1 N–H and O–H groups in total. The van der Waals surface area contributed by atoms with Gasteiger partial charge in [0, 0.05) is 19.3 Å². The fourth-order valence-electron chi connectivity index (χ4n) is 2.99. The van der Waals surface area contributed by atoms with Crippen LogP contribution in [0, 0.1) is 0 Å². The van der Waals surface area contributed by atoms with Crippen LogP contribution in [0.15, 0.2) is 47.5 Å². The van der Waals surface area contributed by atoms with Crippen molar-refractivity contribution in [3.8, 4) is 5.75 Å². The average molecular weight is 389 g/mol. The van der Waals surface area contributed by atoms with E-state index in [1.807, 2.05) is 6.92 Å². The number of piperidine rings is 1. The zero-order valence-corrected chi connectivity index (χ0v) is 16.0. The second-order valence-corrected chi connectivity index (χ2v) is 8.16. The first-order chi connectivity index (χ1) is 13.0. The monoisotopic (exact) mass is 389 g/mol. The zero-order chi connectivity index (χ0) is 19.3. The van der Waals surface area contributed by atoms with Crippen molar-refractivity contribution in [1.82, 2.24) is 9.29 Å². The molecule has 2 heterocycles. The van der Waals surface area contributed by atoms with E-state index in [1.54, 1.807) is 24.3 Å². The highest BCUT2D eigenvalue weighted by Gasteiger charge is 2.27. The van der Waals surface area contributed by atoms with Crippen molar-refractivity contribution in [3.05, 3.63) is 48.3 Å². The Morgan fingerprint density at radius 3 is 2.63 bits per heavy atom. The van der Waals surface area contributed by atoms with Crippen molar-refractivity contribution in [2.75, 3.05) is 25.0 Å². The third-order valence-corrected chi connectivity index (χ3v) is 6.24. The second kappa shape index (κ2) is 8.49. The lowest BCUT2D eigenvalue weighted by molar-refractivity contribution is 0.102. The molecule has 3 rings (SSSR count). The minimum atomic E-state index is -3.61. The molecule has 0 unspecified atom stereocenters. The summed E-state index contributed by atoms with van der Waals surface area (Å²) in [5.41, 5.74) is 0.551. The Labute approximate surface area is 159 Å². The lowest BCUT2D eigenvalue weighted by Gasteiger charge is -2.26. The molecular formula is C19H23N3O4S. The van der Waals surface area contributed by atoms with Crippen molar-refractivity contribution >= 4 is 21.6 Å². The summed E-state index contributed by atoms with van der Waals surface area (Å²) in [6.45, 7) is 3.25. The molecule has 1 saturated heterocycles. The summed E-state index contributed by atoms with van der Waals surface area (Å²) in [6.07, 6.45) is 4.29. The van der Waals surface area contributed by atoms with Gasteiger partial charge in [0.15, 0.2) is 0 Å². The van der Waals surface area contributed by atoms with E-state index in [0.29, 0.717) is 31.1 Å². The van der Waals surface area contributed by atoms with Gasteiger partial charge >= 0.3 is 0 Å². The van der Waals surface area contributed by atoms with Gasteiger partial charge in [-0.1, -0.05) is 12.5 Å². The number of aromatic nitrogens is 1. The smallest absolute Gasteiger partial charge is 0.274 e. The molecule has 8 heteroatoms. The summed E-state index contributed by atoms with van der Waals surface area (Å²) in [5, 5.41) is 2.72. The Hall–Kier alpha value is -2.45. The highest BCUT2D eigenvalue weighted by atomic mass is 32.2. The second-order valence-electron chi connectivity index (χ2n) is 6.22. The zero-order valence-electron chi connectivity index (χ0n) is 15.2. The van der Waals surface area contributed by atoms with Gasteiger partial charge in [0.05, 0.1) is 17.2 Å². The van der Waals surface area contributed by atoms with Gasteiger partial charge in [-0.15, -0.1) is 0 Å². The molecule has 1 aliphatic rings. The molecule has 2 aromatic rings. The maximum atomic E-state index is 12.9. The first-order valence-electron chi connectivity index (χ1n) is 9.02. The van der Waals surface area contributed by atoms with Crippen molar-refractivity contribution in [1.29, 1.82) is 0 Å². The summed E-state index contributed by atoms with van der Waals surface area (Å²) >= 11 is 0. The maximum absolute atomic E-state index is 12.9. The van der Waals surface area contributed by atoms with E-state index in [0.717, 1.165) is 19.3 Å². The summed E-state index contributed by atoms with van der Waals surface area (Å²) in [6, 6.07) is 9.57. The Balaban J connectivity index is 1.91. The maximum Gasteiger partial charge on any atom is 0.274 e. The van der Waals surface area contributed by atoms with Gasteiger partial charge in [0.1, 0.15) is 11.4 Å². The predicted molar refractivity (Wildman–Crippen MR) is 102 cm³/mol. The van der Waals surface area contributed by atoms with Crippen LogP contribution in [0.4, 0.5) is 5.69 Å². The molecule has 1 aromatic carbocycles. The summed E-state index contributed by atoms with van der Waals surface area (Å²) in [7, 11) is -3.61. The number of nitrogens with zero attached hydrogens (tertiary/aromatic N) is 2. The third kappa shape index (κ3) is 4.45. The quantitative estimate of drug-likeness (QED) is 0.821. The molecule has 0 saturated carbocycles. The van der Waals surface area contributed by atoms with Crippen LogP contribution in [0.1, 0.15) is 36.7 Å². The number of rotatable bonds is 6. The number of benzene rings is 1. The van der Waals surface area contributed by atoms with E-state index >= 15 is 0 Å². The third-order valence-electron chi connectivity index (χ3n) is 4.35. The van der Waals surface area contributed by atoms with E-state index in [4.69, 9.17) is 4.74 Å². The molecule has 0 radical (unpaired) electrons. The van der Waals surface area contributed by atoms with E-state index in [-0.39, 0.29) is 10.6 Å². The van der Waals surface area contributed by atoms with Crippen molar-refractivity contribution in [2.24, 2.45) is 0 Å². The van der Waals surface area contributed by atoms with E-state index < -0.39 is 15.9 Å². The number of pyridine rings is 1. The van der Waals surface area contributed by atoms with Crippen LogP contribution in [0.2, 0.25) is 0 Å². The molecule has 0 spiro atoms. The van der Waals surface area contributed by atoms with Crippen LogP contribution in [0.3, 0.4) is 0 Å². The fraction of sp³-hybridized carbons (Fsp3) is 0.368. The standard InChI is InChI=1S/C19H23N3O4S/c1-2-26-18-10-9-15(27(24,25)22-12-6-3-7-13-22)14-17(18)21-19(23)16-8-4-5-11-20-16/h4-5,8-11,14H,2-3,6-7,12-13H2,1H3,(H,21,23). The van der Waals surface area contributed by atoms with Gasteiger partial charge in [0.2, 0.25) is 10.0 Å². The number of ether oxygens (including phenoxy) is 1. The van der Waals surface area contributed by atoms with Gasteiger partial charge in [-0.3, -0.25) is 9.78 Å². The van der Waals surface area contributed by atoms with Gasteiger partial charge in [-0.05, 0) is 50.1 Å². The minimum absolute atomic E-state index is 0.143. The number of hydrogen-bond acceptors (Lipinski definition) is 5. The number of carbonyl (C=O) groups is 1. The van der Waals surface area contributed by atoms with Crippen molar-refractivity contribution < 1.29 is 17.9 Å². The minimum Gasteiger partial charge on any atom is -0.492 e. The lowest BCUT2D eigenvalue weighted by atomic mass is 10.2. The number of hydrogen-bond donors (Lipinski definition) is 1. The first-order valence-corrected chi connectivity index (χ1v) is 10.5. The van der Waals surface area contributed by atoms with Crippen LogP contribution < -0.4 is 10.1 Å². The fourth-order valence-corrected chi connectivity index (χ4v) is 4.53. The van der Waals surface area contributed by atoms with Crippen LogP contribution >= 0.6 is 0 Å². The average Bonchev–Trinajstić information content (AvgIpc) is 2.70. The first kappa shape index (κ1) is 19.3. The Morgan fingerprint density at radius 2 is 1.96 bits per heavy atom. The van der Waals surface area contributed by atoms with Crippen molar-refractivity contribution in [3.63, 3.8) is 0 Å². The van der Waals surface area contributed by atoms with Gasteiger partial charge in [0.25, 0.3) is 5.91 Å². The lowest BCUT2D eigenvalue weighted by Crippen LogP contribution is -2.35. The largest absolute Gasteiger partial charge is 0.492 e. The molecule has 1 aliphatic heterocycles. The van der Waals surface area contributed by atoms with E-state index in [2.05, 4.69) is 10.3 Å². The van der Waals surface area contributed by atoms with Gasteiger partial charge in [-0.25, -0.2) is 8.42 Å². The van der Waals surface area contributed by atoms with Crippen LogP contribution in [-0.4, -0.2) is 43.3 Å². The van der Waals surface area contributed by atoms with Crippen molar-refractivity contribution in [2.45, 2.75) is 31.1 Å². The molecule has 0 aliphatic carbocycles. The molecule has 7 nitrogen and oxygen atoms in total. The summed E-state index contributed by atoms with van der Waals surface area (Å²) in [4.78, 5) is 16.6. The number of sulfonamides is 1. The highest BCUT2D eigenvalue weighted by Crippen LogP contribution is 2.30. The number of carbonyl (C=O) groups excluding carboxylic acids is 1. The highest BCUT2D eigenvalue weighted by molar-refractivity contribution is 7.89. The SMILES string of the molecule is CCOc1ccc(S(=O)(=O)N2CCCCC2)cc1NC(=O)c1ccccn1. The summed E-state index contributed by atoms with van der Waals surface area (Å²) in [5.74, 6) is -0.0107. The molecule has 1 amide bonds. The van der Waals surface area contributed by atoms with Gasteiger partial charge in [-0.2, -0.15) is 4.31 Å². The van der Waals surface area contributed by atoms with E-state index in [9.17, 15) is 13.2 Å². The van der Waals surface area contributed by atoms with Crippen LogP contribution in [0.5, 0.6) is 5.75 Å². The molecule has 144 valence electrons.